The van der Waals surface area contributed by atoms with E-state index in [4.69, 9.17) is 4.98 Å². The van der Waals surface area contributed by atoms with E-state index >= 15 is 0 Å². The molecule has 6 nitrogen and oxygen atoms in total. The van der Waals surface area contributed by atoms with E-state index in [1.54, 1.807) is 23.5 Å². The molecule has 10 heteroatoms. The number of halogens is 3. The lowest BCUT2D eigenvalue weighted by molar-refractivity contribution is -0.145. The van der Waals surface area contributed by atoms with Crippen LogP contribution in [-0.4, -0.2) is 38.8 Å². The summed E-state index contributed by atoms with van der Waals surface area (Å²) < 4.78 is 39.9. The fourth-order valence-corrected chi connectivity index (χ4v) is 5.54. The maximum Gasteiger partial charge on any atom is 0.389 e. The molecule has 2 N–H and O–H groups in total. The summed E-state index contributed by atoms with van der Waals surface area (Å²) in [5.41, 5.74) is 1.68. The number of hydrogen-bond acceptors (Lipinski definition) is 4. The third kappa shape index (κ3) is 6.04. The van der Waals surface area contributed by atoms with Crippen LogP contribution in [-0.2, 0) is 11.2 Å². The van der Waals surface area contributed by atoms with Gasteiger partial charge in [-0.2, -0.15) is 13.2 Å². The number of alkyl halides is 3. The molecule has 1 unspecified atom stereocenters. The van der Waals surface area contributed by atoms with Crippen molar-refractivity contribution < 1.29 is 27.9 Å². The van der Waals surface area contributed by atoms with Crippen LogP contribution >= 0.6 is 11.3 Å². The Kier molecular flexibility index (Phi) is 7.49. The summed E-state index contributed by atoms with van der Waals surface area (Å²) in [4.78, 5) is 30.2. The number of amides is 1. The summed E-state index contributed by atoms with van der Waals surface area (Å²) in [6, 6.07) is 7.70. The number of carboxylic acids is 1. The maximum absolute atomic E-state index is 12.7. The Labute approximate surface area is 205 Å². The molecular formula is C25H28F3N3O3S. The minimum Gasteiger partial charge on any atom is -0.480 e. The van der Waals surface area contributed by atoms with Crippen molar-refractivity contribution in [2.75, 3.05) is 0 Å². The van der Waals surface area contributed by atoms with Crippen LogP contribution in [0.4, 0.5) is 13.2 Å². The van der Waals surface area contributed by atoms with E-state index in [0.717, 1.165) is 30.6 Å². The molecule has 0 spiro atoms. The largest absolute Gasteiger partial charge is 0.480 e. The number of fused-ring (bicyclic) bond motifs is 1. The van der Waals surface area contributed by atoms with Gasteiger partial charge in [-0.05, 0) is 54.8 Å². The predicted molar refractivity (Wildman–Crippen MR) is 128 cm³/mol. The molecule has 1 amide bonds. The summed E-state index contributed by atoms with van der Waals surface area (Å²) in [7, 11) is 0. The molecule has 3 atom stereocenters. The first-order valence-corrected chi connectivity index (χ1v) is 12.6. The molecule has 1 aromatic carbocycles. The van der Waals surface area contributed by atoms with Gasteiger partial charge in [0.25, 0.3) is 5.91 Å². The van der Waals surface area contributed by atoms with Gasteiger partial charge in [0, 0.05) is 29.3 Å². The third-order valence-corrected chi connectivity index (χ3v) is 7.53. The van der Waals surface area contributed by atoms with Gasteiger partial charge >= 0.3 is 12.1 Å². The highest BCUT2D eigenvalue weighted by Crippen LogP contribution is 2.37. The third-order valence-electron chi connectivity index (χ3n) is 6.65. The number of carboxylic acid groups (broad SMARTS) is 1. The van der Waals surface area contributed by atoms with Gasteiger partial charge in [0.1, 0.15) is 11.9 Å². The zero-order chi connectivity index (χ0) is 25.2. The Balaban J connectivity index is 1.63. The summed E-state index contributed by atoms with van der Waals surface area (Å²) >= 11 is 1.65. The summed E-state index contributed by atoms with van der Waals surface area (Å²) in [5.74, 6) is -0.845. The number of thiophene rings is 1. The Morgan fingerprint density at radius 3 is 2.69 bits per heavy atom. The standard InChI is InChI=1S/C25H28F3N3O3S/c1-15-5-2-3-7-20(15)31-21-9-8-16(13-19(21)29-22(31)14-17-6-4-12-35-17)23(32)30-18(24(33)34)10-11-25(26,27)28/h4,6,8-9,12-13,15,18,20H,2-3,5,7,10-11,14H2,1H3,(H,30,32)(H,33,34)/t15-,18?,20-/m1/s1. The van der Waals surface area contributed by atoms with E-state index in [1.165, 1.54) is 11.3 Å². The number of carbonyl (C=O) groups excluding carboxylic acids is 1. The highest BCUT2D eigenvalue weighted by molar-refractivity contribution is 7.09. The van der Waals surface area contributed by atoms with Crippen molar-refractivity contribution in [2.24, 2.45) is 5.92 Å². The number of aliphatic carboxylic acids is 1. The Morgan fingerprint density at radius 1 is 1.26 bits per heavy atom. The number of carbonyl (C=O) groups is 2. The van der Waals surface area contributed by atoms with Crippen molar-refractivity contribution in [3.63, 3.8) is 0 Å². The van der Waals surface area contributed by atoms with Gasteiger partial charge < -0.3 is 15.0 Å². The summed E-state index contributed by atoms with van der Waals surface area (Å²) in [6.07, 6.45) is -1.33. The molecular weight excluding hydrogens is 479 g/mol. The normalized spacial score (nSPS) is 19.5. The quantitative estimate of drug-likeness (QED) is 0.394. The molecule has 3 aromatic rings. The van der Waals surface area contributed by atoms with Crippen LogP contribution in [0, 0.1) is 5.92 Å². The highest BCUT2D eigenvalue weighted by atomic mass is 32.1. The maximum atomic E-state index is 12.7. The van der Waals surface area contributed by atoms with Crippen molar-refractivity contribution >= 4 is 34.2 Å². The summed E-state index contributed by atoms with van der Waals surface area (Å²) in [6.45, 7) is 2.25. The lowest BCUT2D eigenvalue weighted by atomic mass is 9.85. The van der Waals surface area contributed by atoms with Gasteiger partial charge in [0.05, 0.1) is 11.0 Å². The number of rotatable bonds is 8. The fourth-order valence-electron chi connectivity index (χ4n) is 4.84. The number of nitrogens with one attached hydrogen (secondary N) is 1. The van der Waals surface area contributed by atoms with Gasteiger partial charge in [-0.3, -0.25) is 4.79 Å². The Morgan fingerprint density at radius 2 is 2.03 bits per heavy atom. The van der Waals surface area contributed by atoms with Crippen molar-refractivity contribution in [3.05, 3.63) is 52.0 Å². The zero-order valence-corrected chi connectivity index (χ0v) is 20.2. The van der Waals surface area contributed by atoms with Crippen molar-refractivity contribution in [1.29, 1.82) is 0 Å². The lowest BCUT2D eigenvalue weighted by Gasteiger charge is -2.31. The monoisotopic (exact) mass is 507 g/mol. The smallest absolute Gasteiger partial charge is 0.389 e. The van der Waals surface area contributed by atoms with Gasteiger partial charge in [0.15, 0.2) is 0 Å². The van der Waals surface area contributed by atoms with E-state index in [0.29, 0.717) is 23.9 Å². The first-order chi connectivity index (χ1) is 16.6. The average molecular weight is 508 g/mol. The fraction of sp³-hybridized carbons (Fsp3) is 0.480. The van der Waals surface area contributed by atoms with Crippen molar-refractivity contribution in [3.8, 4) is 0 Å². The molecule has 1 aliphatic carbocycles. The van der Waals surface area contributed by atoms with Crippen molar-refractivity contribution in [2.45, 2.75) is 70.1 Å². The first kappa shape index (κ1) is 25.2. The van der Waals surface area contributed by atoms with Crippen molar-refractivity contribution in [1.82, 2.24) is 14.9 Å². The summed E-state index contributed by atoms with van der Waals surface area (Å²) in [5, 5.41) is 13.5. The van der Waals surface area contributed by atoms with Gasteiger partial charge in [-0.1, -0.05) is 25.8 Å². The molecule has 1 fully saturated rings. The average Bonchev–Trinajstić information content (AvgIpc) is 3.43. The van der Waals surface area contributed by atoms with Crippen LogP contribution in [0.15, 0.2) is 35.7 Å². The zero-order valence-electron chi connectivity index (χ0n) is 19.3. The SMILES string of the molecule is C[C@@H]1CCCC[C@H]1n1c(Cc2cccs2)nc2cc(C(=O)NC(CCC(F)(F)F)C(=O)O)ccc21. The van der Waals surface area contributed by atoms with Crippen LogP contribution in [0.1, 0.15) is 72.6 Å². The van der Waals surface area contributed by atoms with Gasteiger partial charge in [0.2, 0.25) is 0 Å². The second kappa shape index (κ2) is 10.4. The minimum absolute atomic E-state index is 0.166. The van der Waals surface area contributed by atoms with Crippen LogP contribution < -0.4 is 5.32 Å². The van der Waals surface area contributed by atoms with Gasteiger partial charge in [-0.15, -0.1) is 11.3 Å². The number of benzene rings is 1. The molecule has 4 rings (SSSR count). The van der Waals surface area contributed by atoms with E-state index in [2.05, 4.69) is 22.9 Å². The molecule has 2 heterocycles. The highest BCUT2D eigenvalue weighted by Gasteiger charge is 2.32. The number of nitrogens with zero attached hydrogens (tertiary/aromatic N) is 2. The molecule has 0 saturated heterocycles. The van der Waals surface area contributed by atoms with E-state index in [-0.39, 0.29) is 5.56 Å². The van der Waals surface area contributed by atoms with Gasteiger partial charge in [-0.25, -0.2) is 9.78 Å². The number of aromatic nitrogens is 2. The van der Waals surface area contributed by atoms with E-state index in [9.17, 15) is 27.9 Å². The molecule has 0 radical (unpaired) electrons. The topological polar surface area (TPSA) is 84.2 Å². The molecule has 1 saturated carbocycles. The van der Waals surface area contributed by atoms with E-state index < -0.39 is 36.9 Å². The van der Waals surface area contributed by atoms with E-state index in [1.807, 2.05) is 17.5 Å². The lowest BCUT2D eigenvalue weighted by Crippen LogP contribution is -2.41. The second-order valence-electron chi connectivity index (χ2n) is 9.20. The Bertz CT molecular complexity index is 1190. The second-order valence-corrected chi connectivity index (χ2v) is 10.2. The van der Waals surface area contributed by atoms with Crippen LogP contribution in [0.3, 0.4) is 0 Å². The molecule has 2 aromatic heterocycles. The molecule has 0 aliphatic heterocycles. The Hall–Kier alpha value is -2.88. The minimum atomic E-state index is -4.50. The molecule has 188 valence electrons. The van der Waals surface area contributed by atoms with Crippen LogP contribution in [0.25, 0.3) is 11.0 Å². The van der Waals surface area contributed by atoms with Crippen LogP contribution in [0.5, 0.6) is 0 Å². The number of hydrogen-bond donors (Lipinski definition) is 2. The van der Waals surface area contributed by atoms with Crippen LogP contribution in [0.2, 0.25) is 0 Å². The predicted octanol–water partition coefficient (Wildman–Crippen LogP) is 5.97. The molecule has 1 aliphatic rings. The first-order valence-electron chi connectivity index (χ1n) is 11.8. The molecule has 0 bridgehead atoms. The number of imidazole rings is 1. The molecule has 35 heavy (non-hydrogen) atoms.